The van der Waals surface area contributed by atoms with Crippen molar-refractivity contribution in [2.75, 3.05) is 45.3 Å². The first-order valence-corrected chi connectivity index (χ1v) is 8.49. The van der Waals surface area contributed by atoms with E-state index in [1.54, 1.807) is 19.0 Å². The lowest BCUT2D eigenvalue weighted by Crippen LogP contribution is -2.36. The van der Waals surface area contributed by atoms with Crippen LogP contribution in [0.3, 0.4) is 0 Å². The number of ether oxygens (including phenoxy) is 1. The van der Waals surface area contributed by atoms with Crippen molar-refractivity contribution < 1.29 is 9.53 Å². The van der Waals surface area contributed by atoms with Crippen molar-refractivity contribution in [3.8, 4) is 0 Å². The molecule has 0 aromatic heterocycles. The molecule has 0 bridgehead atoms. The molecule has 0 N–H and O–H groups in total. The van der Waals surface area contributed by atoms with Crippen molar-refractivity contribution in [1.82, 2.24) is 4.90 Å². The summed E-state index contributed by atoms with van der Waals surface area (Å²) in [6.07, 6.45) is 1.96. The molecule has 0 spiro atoms. The Balaban J connectivity index is 1.84. The molecule has 1 aromatic rings. The number of amides is 1. The molecule has 1 aromatic carbocycles. The summed E-state index contributed by atoms with van der Waals surface area (Å²) in [5.74, 6) is 0.00672. The van der Waals surface area contributed by atoms with Crippen LogP contribution in [0.4, 0.5) is 5.69 Å². The van der Waals surface area contributed by atoms with Crippen molar-refractivity contribution in [2.24, 2.45) is 4.99 Å². The van der Waals surface area contributed by atoms with E-state index in [-0.39, 0.29) is 5.91 Å². The Bertz CT molecular complexity index is 678. The lowest BCUT2D eigenvalue weighted by molar-refractivity contribution is -0.121. The van der Waals surface area contributed by atoms with Crippen LogP contribution in [-0.2, 0) is 9.53 Å². The number of aliphatic imine (C=N–C) groups is 1. The van der Waals surface area contributed by atoms with E-state index in [2.05, 4.69) is 35.0 Å². The number of carbonyl (C=O) groups excluding carboxylic acids is 1. The highest BCUT2D eigenvalue weighted by Crippen LogP contribution is 2.32. The van der Waals surface area contributed by atoms with Crippen molar-refractivity contribution in [2.45, 2.75) is 6.92 Å². The van der Waals surface area contributed by atoms with E-state index in [0.717, 1.165) is 41.9 Å². The number of thioether (sulfide) groups is 1. The largest absolute Gasteiger partial charge is 0.378 e. The van der Waals surface area contributed by atoms with Gasteiger partial charge in [-0.1, -0.05) is 6.07 Å². The summed E-state index contributed by atoms with van der Waals surface area (Å²) >= 11 is 1.42. The van der Waals surface area contributed by atoms with Gasteiger partial charge in [-0.05, 0) is 48.0 Å². The van der Waals surface area contributed by atoms with Crippen molar-refractivity contribution in [3.63, 3.8) is 0 Å². The molecular weight excluding hydrogens is 310 g/mol. The number of aryl methyl sites for hydroxylation is 1. The summed E-state index contributed by atoms with van der Waals surface area (Å²) in [5.41, 5.74) is 3.45. The third kappa shape index (κ3) is 3.28. The van der Waals surface area contributed by atoms with E-state index < -0.39 is 0 Å². The normalized spacial score (nSPS) is 22.5. The zero-order valence-corrected chi connectivity index (χ0v) is 14.5. The molecule has 2 saturated heterocycles. The summed E-state index contributed by atoms with van der Waals surface area (Å²) in [4.78, 5) is 21.0. The highest BCUT2D eigenvalue weighted by atomic mass is 32.2. The van der Waals surface area contributed by atoms with Gasteiger partial charge in [0.25, 0.3) is 5.91 Å². The van der Waals surface area contributed by atoms with Crippen LogP contribution in [0.5, 0.6) is 0 Å². The lowest BCUT2D eigenvalue weighted by Gasteiger charge is -2.29. The zero-order valence-electron chi connectivity index (χ0n) is 13.7. The summed E-state index contributed by atoms with van der Waals surface area (Å²) in [5, 5.41) is 0.740. The molecule has 6 heteroatoms. The fourth-order valence-corrected chi connectivity index (χ4v) is 3.65. The Kier molecular flexibility index (Phi) is 4.73. The number of benzene rings is 1. The predicted molar refractivity (Wildman–Crippen MR) is 95.9 cm³/mol. The van der Waals surface area contributed by atoms with Gasteiger partial charge in [0.1, 0.15) is 0 Å². The quantitative estimate of drug-likeness (QED) is 0.781. The van der Waals surface area contributed by atoms with E-state index >= 15 is 0 Å². The molecule has 3 rings (SSSR count). The fourth-order valence-electron chi connectivity index (χ4n) is 2.73. The standard InChI is InChI=1S/C17H21N3O2S/c1-12-10-14(20-6-8-22-9-7-20)5-4-13(12)11-15-16(21)19(3)17(18-2)23-15/h4-5,10-11H,6-9H2,1-3H3/b15-11+,18-17?. The molecule has 2 aliphatic rings. The van der Waals surface area contributed by atoms with E-state index in [9.17, 15) is 4.79 Å². The fraction of sp³-hybridized carbons (Fsp3) is 0.412. The Labute approximate surface area is 141 Å². The Morgan fingerprint density at radius 3 is 2.65 bits per heavy atom. The van der Waals surface area contributed by atoms with Crippen LogP contribution in [0.1, 0.15) is 11.1 Å². The number of anilines is 1. The van der Waals surface area contributed by atoms with E-state index in [1.807, 2.05) is 6.08 Å². The van der Waals surface area contributed by atoms with Crippen LogP contribution in [-0.4, -0.2) is 56.4 Å². The molecule has 122 valence electrons. The minimum absolute atomic E-state index is 0.00672. The van der Waals surface area contributed by atoms with Crippen LogP contribution in [0.15, 0.2) is 28.1 Å². The summed E-state index contributed by atoms with van der Waals surface area (Å²) in [7, 11) is 3.46. The van der Waals surface area contributed by atoms with Gasteiger partial charge < -0.3 is 9.64 Å². The smallest absolute Gasteiger partial charge is 0.266 e. The van der Waals surface area contributed by atoms with E-state index in [0.29, 0.717) is 0 Å². The molecule has 1 amide bonds. The van der Waals surface area contributed by atoms with E-state index in [4.69, 9.17) is 4.74 Å². The van der Waals surface area contributed by atoms with Gasteiger partial charge in [-0.25, -0.2) is 0 Å². The number of likely N-dealkylation sites (N-methyl/N-ethyl adjacent to an activating group) is 1. The van der Waals surface area contributed by atoms with Crippen molar-refractivity contribution >= 4 is 34.6 Å². The molecule has 5 nitrogen and oxygen atoms in total. The number of amidine groups is 1. The minimum atomic E-state index is 0.00672. The lowest BCUT2D eigenvalue weighted by atomic mass is 10.1. The van der Waals surface area contributed by atoms with Crippen LogP contribution < -0.4 is 4.90 Å². The first kappa shape index (κ1) is 16.1. The van der Waals surface area contributed by atoms with Crippen molar-refractivity contribution in [1.29, 1.82) is 0 Å². The molecule has 0 radical (unpaired) electrons. The maximum atomic E-state index is 12.2. The molecule has 0 saturated carbocycles. The van der Waals surface area contributed by atoms with E-state index in [1.165, 1.54) is 23.0 Å². The molecular formula is C17H21N3O2S. The first-order chi connectivity index (χ1) is 11.1. The molecule has 2 heterocycles. The molecule has 0 aliphatic carbocycles. The van der Waals surface area contributed by atoms with Crippen LogP contribution in [0, 0.1) is 6.92 Å². The van der Waals surface area contributed by atoms with Gasteiger partial charge in [-0.2, -0.15) is 0 Å². The SMILES string of the molecule is CN=C1S/C(=C/c2ccc(N3CCOCC3)cc2C)C(=O)N1C. The molecule has 0 atom stereocenters. The third-order valence-corrected chi connectivity index (χ3v) is 5.26. The second kappa shape index (κ2) is 6.76. The topological polar surface area (TPSA) is 45.1 Å². The van der Waals surface area contributed by atoms with Crippen LogP contribution in [0.25, 0.3) is 6.08 Å². The first-order valence-electron chi connectivity index (χ1n) is 7.68. The maximum Gasteiger partial charge on any atom is 0.266 e. The second-order valence-electron chi connectivity index (χ2n) is 5.62. The Hall–Kier alpha value is -1.79. The average molecular weight is 331 g/mol. The predicted octanol–water partition coefficient (Wildman–Crippen LogP) is 2.36. The summed E-state index contributed by atoms with van der Waals surface area (Å²) < 4.78 is 5.40. The minimum Gasteiger partial charge on any atom is -0.378 e. The average Bonchev–Trinajstić information content (AvgIpc) is 2.85. The summed E-state index contributed by atoms with van der Waals surface area (Å²) in [6, 6.07) is 6.38. The van der Waals surface area contributed by atoms with Gasteiger partial charge in [0.05, 0.1) is 18.1 Å². The number of hydrogen-bond acceptors (Lipinski definition) is 5. The van der Waals surface area contributed by atoms with Gasteiger partial charge in [-0.15, -0.1) is 0 Å². The zero-order chi connectivity index (χ0) is 16.4. The molecule has 0 unspecified atom stereocenters. The number of nitrogens with zero attached hydrogens (tertiary/aromatic N) is 3. The summed E-state index contributed by atoms with van der Waals surface area (Å²) in [6.45, 7) is 5.49. The van der Waals surface area contributed by atoms with Crippen molar-refractivity contribution in [3.05, 3.63) is 34.2 Å². The van der Waals surface area contributed by atoms with Crippen LogP contribution >= 0.6 is 11.8 Å². The number of rotatable bonds is 2. The van der Waals surface area contributed by atoms with Gasteiger partial charge in [0, 0.05) is 32.9 Å². The third-order valence-electron chi connectivity index (χ3n) is 4.11. The Morgan fingerprint density at radius 2 is 2.04 bits per heavy atom. The molecule has 23 heavy (non-hydrogen) atoms. The van der Waals surface area contributed by atoms with Gasteiger partial charge in [0.2, 0.25) is 0 Å². The highest BCUT2D eigenvalue weighted by Gasteiger charge is 2.29. The highest BCUT2D eigenvalue weighted by molar-refractivity contribution is 8.18. The van der Waals surface area contributed by atoms with Gasteiger partial charge in [0.15, 0.2) is 5.17 Å². The number of morpholine rings is 1. The maximum absolute atomic E-state index is 12.2. The monoisotopic (exact) mass is 331 g/mol. The number of carbonyl (C=O) groups is 1. The van der Waals surface area contributed by atoms with Crippen LogP contribution in [0.2, 0.25) is 0 Å². The van der Waals surface area contributed by atoms with Gasteiger partial charge >= 0.3 is 0 Å². The Morgan fingerprint density at radius 1 is 1.30 bits per heavy atom. The number of hydrogen-bond donors (Lipinski definition) is 0. The molecule has 2 aliphatic heterocycles. The molecule has 2 fully saturated rings. The second-order valence-corrected chi connectivity index (χ2v) is 6.63. The van der Waals surface area contributed by atoms with Gasteiger partial charge in [-0.3, -0.25) is 14.7 Å².